The zero-order chi connectivity index (χ0) is 13.5. The van der Waals surface area contributed by atoms with Gasteiger partial charge in [-0.1, -0.05) is 35.5 Å². The van der Waals surface area contributed by atoms with E-state index in [4.69, 9.17) is 9.78 Å². The Kier molecular flexibility index (Phi) is 2.63. The molecule has 2 atom stereocenters. The number of nitriles is 1. The molecule has 0 N–H and O–H groups in total. The summed E-state index contributed by atoms with van der Waals surface area (Å²) < 4.78 is 5.32. The van der Waals surface area contributed by atoms with Gasteiger partial charge >= 0.3 is 0 Å². The third-order valence-corrected chi connectivity index (χ3v) is 3.77. The van der Waals surface area contributed by atoms with E-state index in [1.165, 1.54) is 0 Å². The molecule has 0 bridgehead atoms. The number of benzene rings is 1. The molecule has 96 valence electrons. The van der Waals surface area contributed by atoms with Crippen LogP contribution in [0.15, 0.2) is 34.9 Å². The lowest BCUT2D eigenvalue weighted by atomic mass is 9.84. The van der Waals surface area contributed by atoms with Crippen molar-refractivity contribution in [3.63, 3.8) is 0 Å². The quantitative estimate of drug-likeness (QED) is 0.843. The molecule has 19 heavy (non-hydrogen) atoms. The maximum Gasteiger partial charge on any atom is 0.231 e. The van der Waals surface area contributed by atoms with Crippen molar-refractivity contribution in [1.29, 1.82) is 5.26 Å². The molecule has 0 aliphatic heterocycles. The summed E-state index contributed by atoms with van der Waals surface area (Å²) in [6.45, 7) is 4.15. The first kappa shape index (κ1) is 11.9. The van der Waals surface area contributed by atoms with E-state index in [2.05, 4.69) is 42.2 Å². The zero-order valence-electron chi connectivity index (χ0n) is 11.0. The van der Waals surface area contributed by atoms with Crippen molar-refractivity contribution in [2.24, 2.45) is 5.92 Å². The molecule has 1 aromatic carbocycles. The molecule has 3 rings (SSSR count). The second kappa shape index (κ2) is 4.20. The van der Waals surface area contributed by atoms with Crippen molar-refractivity contribution in [3.8, 4) is 6.07 Å². The minimum absolute atomic E-state index is 0.0492. The van der Waals surface area contributed by atoms with Crippen LogP contribution >= 0.6 is 0 Å². The zero-order valence-corrected chi connectivity index (χ0v) is 11.0. The minimum atomic E-state index is -0.292. The van der Waals surface area contributed by atoms with E-state index in [0.717, 1.165) is 12.0 Å². The van der Waals surface area contributed by atoms with Gasteiger partial charge in [0.1, 0.15) is 0 Å². The van der Waals surface area contributed by atoms with Crippen LogP contribution < -0.4 is 0 Å². The molecule has 1 aliphatic rings. The Morgan fingerprint density at radius 2 is 2.05 bits per heavy atom. The van der Waals surface area contributed by atoms with Crippen LogP contribution in [0.5, 0.6) is 0 Å². The van der Waals surface area contributed by atoms with Gasteiger partial charge in [0.15, 0.2) is 5.82 Å². The molecule has 1 fully saturated rings. The van der Waals surface area contributed by atoms with Crippen LogP contribution in [0.4, 0.5) is 0 Å². The number of hydrogen-bond acceptors (Lipinski definition) is 4. The largest absolute Gasteiger partial charge is 0.339 e. The van der Waals surface area contributed by atoms with Gasteiger partial charge in [0, 0.05) is 0 Å². The average Bonchev–Trinajstić information content (AvgIpc) is 3.06. The third-order valence-electron chi connectivity index (χ3n) is 3.77. The van der Waals surface area contributed by atoms with E-state index in [-0.39, 0.29) is 17.3 Å². The summed E-state index contributed by atoms with van der Waals surface area (Å²) >= 11 is 0. The number of aromatic nitrogens is 2. The smallest absolute Gasteiger partial charge is 0.231 e. The molecular weight excluding hydrogens is 238 g/mol. The number of hydrogen-bond donors (Lipinski definition) is 0. The molecule has 0 saturated heterocycles. The molecule has 4 heteroatoms. The highest BCUT2D eigenvalue weighted by Gasteiger charge is 2.44. The SMILES string of the molecule is CC(C)(c1ccccc1)c1noc(C2CC2C#N)n1. The molecule has 1 saturated carbocycles. The predicted molar refractivity (Wildman–Crippen MR) is 69.3 cm³/mol. The first-order valence-corrected chi connectivity index (χ1v) is 6.42. The summed E-state index contributed by atoms with van der Waals surface area (Å²) in [6.07, 6.45) is 0.837. The van der Waals surface area contributed by atoms with Crippen molar-refractivity contribution >= 4 is 0 Å². The van der Waals surface area contributed by atoms with E-state index in [1.807, 2.05) is 18.2 Å². The van der Waals surface area contributed by atoms with Gasteiger partial charge in [-0.15, -0.1) is 0 Å². The Morgan fingerprint density at radius 3 is 2.68 bits per heavy atom. The summed E-state index contributed by atoms with van der Waals surface area (Å²) in [7, 11) is 0. The number of nitrogens with zero attached hydrogens (tertiary/aromatic N) is 3. The van der Waals surface area contributed by atoms with Crippen molar-refractivity contribution < 1.29 is 4.52 Å². The maximum atomic E-state index is 8.84. The third kappa shape index (κ3) is 2.01. The Labute approximate surface area is 112 Å². The molecule has 1 aromatic heterocycles. The topological polar surface area (TPSA) is 62.7 Å². The summed E-state index contributed by atoms with van der Waals surface area (Å²) in [5.41, 5.74) is 0.857. The fourth-order valence-electron chi connectivity index (χ4n) is 2.23. The van der Waals surface area contributed by atoms with Crippen molar-refractivity contribution in [2.45, 2.75) is 31.6 Å². The molecule has 4 nitrogen and oxygen atoms in total. The Balaban J connectivity index is 1.89. The fraction of sp³-hybridized carbons (Fsp3) is 0.400. The summed E-state index contributed by atoms with van der Waals surface area (Å²) in [5, 5.41) is 12.9. The predicted octanol–water partition coefficient (Wildman–Crippen LogP) is 3.02. The lowest BCUT2D eigenvalue weighted by molar-refractivity contribution is 0.365. The highest BCUT2D eigenvalue weighted by Crippen LogP contribution is 2.46. The molecule has 0 amide bonds. The van der Waals surface area contributed by atoms with Crippen LogP contribution in [0.1, 0.15) is 43.5 Å². The first-order chi connectivity index (χ1) is 9.13. The van der Waals surface area contributed by atoms with Gasteiger partial charge in [0.2, 0.25) is 5.89 Å². The van der Waals surface area contributed by atoms with Gasteiger partial charge in [-0.25, -0.2) is 0 Å². The number of rotatable bonds is 3. The first-order valence-electron chi connectivity index (χ1n) is 6.42. The Morgan fingerprint density at radius 1 is 1.32 bits per heavy atom. The highest BCUT2D eigenvalue weighted by atomic mass is 16.5. The van der Waals surface area contributed by atoms with Gasteiger partial charge in [0.05, 0.1) is 23.3 Å². The molecule has 2 aromatic rings. The van der Waals surface area contributed by atoms with Gasteiger partial charge in [0.25, 0.3) is 0 Å². The van der Waals surface area contributed by atoms with Crippen molar-refractivity contribution in [1.82, 2.24) is 10.1 Å². The standard InChI is InChI=1S/C15H15N3O/c1-15(2,11-6-4-3-5-7-11)14-17-13(19-18-14)12-8-10(12)9-16/h3-7,10,12H,8H2,1-2H3. The van der Waals surface area contributed by atoms with Gasteiger partial charge in [-0.3, -0.25) is 0 Å². The van der Waals surface area contributed by atoms with E-state index < -0.39 is 0 Å². The van der Waals surface area contributed by atoms with E-state index in [1.54, 1.807) is 0 Å². The lowest BCUT2D eigenvalue weighted by Crippen LogP contribution is -2.20. The average molecular weight is 253 g/mol. The van der Waals surface area contributed by atoms with Gasteiger partial charge in [-0.2, -0.15) is 10.2 Å². The Bertz CT molecular complexity index is 624. The maximum absolute atomic E-state index is 8.84. The second-order valence-electron chi connectivity index (χ2n) is 5.53. The molecule has 0 spiro atoms. The molecular formula is C15H15N3O. The Hall–Kier alpha value is -2.15. The van der Waals surface area contributed by atoms with E-state index in [9.17, 15) is 0 Å². The summed E-state index contributed by atoms with van der Waals surface area (Å²) in [4.78, 5) is 4.49. The van der Waals surface area contributed by atoms with E-state index in [0.29, 0.717) is 11.7 Å². The molecule has 0 radical (unpaired) electrons. The highest BCUT2D eigenvalue weighted by molar-refractivity contribution is 5.30. The van der Waals surface area contributed by atoms with Crippen LogP contribution in [0.3, 0.4) is 0 Å². The van der Waals surface area contributed by atoms with Gasteiger partial charge < -0.3 is 4.52 Å². The second-order valence-corrected chi connectivity index (χ2v) is 5.53. The van der Waals surface area contributed by atoms with Crippen molar-refractivity contribution in [3.05, 3.63) is 47.6 Å². The summed E-state index contributed by atoms with van der Waals surface area (Å²) in [6, 6.07) is 12.4. The normalized spacial score (nSPS) is 21.9. The molecule has 2 unspecified atom stereocenters. The van der Waals surface area contributed by atoms with E-state index >= 15 is 0 Å². The van der Waals surface area contributed by atoms with Crippen LogP contribution in [0.2, 0.25) is 0 Å². The van der Waals surface area contributed by atoms with Crippen molar-refractivity contribution in [2.75, 3.05) is 0 Å². The summed E-state index contributed by atoms with van der Waals surface area (Å²) in [5.74, 6) is 1.47. The van der Waals surface area contributed by atoms with Crippen LogP contribution in [0.25, 0.3) is 0 Å². The van der Waals surface area contributed by atoms with Gasteiger partial charge in [-0.05, 0) is 25.8 Å². The molecule has 1 aliphatic carbocycles. The van der Waals surface area contributed by atoms with Crippen LogP contribution in [-0.4, -0.2) is 10.1 Å². The minimum Gasteiger partial charge on any atom is -0.339 e. The van der Waals surface area contributed by atoms with Crippen LogP contribution in [0, 0.1) is 17.2 Å². The van der Waals surface area contributed by atoms with Crippen LogP contribution in [-0.2, 0) is 5.41 Å². The monoisotopic (exact) mass is 253 g/mol. The lowest BCUT2D eigenvalue weighted by Gasteiger charge is -2.20. The molecule has 1 heterocycles. The fourth-order valence-corrected chi connectivity index (χ4v) is 2.23.